The number of thiophene rings is 1. The van der Waals surface area contributed by atoms with Gasteiger partial charge in [0.1, 0.15) is 0 Å². The zero-order chi connectivity index (χ0) is 18.7. The molecule has 1 unspecified atom stereocenters. The molecule has 1 aliphatic heterocycles. The van der Waals surface area contributed by atoms with Crippen LogP contribution in [0.2, 0.25) is 0 Å². The van der Waals surface area contributed by atoms with E-state index in [1.165, 1.54) is 31.6 Å². The Bertz CT molecular complexity index is 1520. The first-order valence-electron chi connectivity index (χ1n) is 9.20. The van der Waals surface area contributed by atoms with Gasteiger partial charge in [-0.2, -0.15) is 0 Å². The van der Waals surface area contributed by atoms with Gasteiger partial charge in [0.2, 0.25) is 0 Å². The van der Waals surface area contributed by atoms with Gasteiger partial charge in [0, 0.05) is 10.1 Å². The van der Waals surface area contributed by atoms with E-state index in [9.17, 15) is 0 Å². The van der Waals surface area contributed by atoms with Crippen LogP contribution in [0.5, 0.6) is 0 Å². The lowest BCUT2D eigenvalue weighted by atomic mass is 9.99. The number of alkyl halides is 1. The van der Waals surface area contributed by atoms with Crippen molar-refractivity contribution in [2.75, 3.05) is 0 Å². The highest BCUT2D eigenvalue weighted by atomic mass is 35.5. The molecule has 1 aromatic heterocycles. The molecule has 1 aliphatic rings. The number of nitrogens with zero attached hydrogens (tertiary/aromatic N) is 1. The molecule has 1 N–H and O–H groups in total. The van der Waals surface area contributed by atoms with E-state index in [-0.39, 0.29) is 0 Å². The molecular formula is C24H15ClN2S. The number of fused-ring (bicyclic) bond motifs is 6. The third-order valence-corrected chi connectivity index (χ3v) is 6.72. The van der Waals surface area contributed by atoms with Crippen molar-refractivity contribution >= 4 is 60.3 Å². The monoisotopic (exact) mass is 398 g/mol. The predicted molar refractivity (Wildman–Crippen MR) is 119 cm³/mol. The molecule has 4 aromatic carbocycles. The van der Waals surface area contributed by atoms with Gasteiger partial charge in [-0.05, 0) is 39.2 Å². The van der Waals surface area contributed by atoms with Crippen LogP contribution < -0.4 is 15.2 Å². The van der Waals surface area contributed by atoms with Crippen molar-refractivity contribution in [2.24, 2.45) is 4.99 Å². The summed E-state index contributed by atoms with van der Waals surface area (Å²) in [5.74, 6) is 0. The summed E-state index contributed by atoms with van der Waals surface area (Å²) in [6.07, 6.45) is 0. The standard InChI is InChI=1S/C24H15ClN2S/c25-24-26-21(23-22(27-24)19-7-3-4-8-20(19)28-23)16-11-12-18-15(13-16)10-9-14-5-1-2-6-17(14)18/h1-13,24,26H. The van der Waals surface area contributed by atoms with Crippen LogP contribution in [0, 0.1) is 0 Å². The Labute approximate surface area is 170 Å². The Kier molecular flexibility index (Phi) is 3.49. The van der Waals surface area contributed by atoms with Crippen LogP contribution >= 0.6 is 22.9 Å². The first-order chi connectivity index (χ1) is 13.8. The second-order valence-corrected chi connectivity index (χ2v) is 8.45. The van der Waals surface area contributed by atoms with Gasteiger partial charge in [-0.15, -0.1) is 11.3 Å². The molecule has 0 spiro atoms. The first kappa shape index (κ1) is 16.1. The maximum absolute atomic E-state index is 6.45. The molecular weight excluding hydrogens is 384 g/mol. The van der Waals surface area contributed by atoms with Gasteiger partial charge in [0.15, 0.2) is 5.62 Å². The van der Waals surface area contributed by atoms with Gasteiger partial charge in [-0.3, -0.25) is 0 Å². The maximum Gasteiger partial charge on any atom is 0.196 e. The van der Waals surface area contributed by atoms with Gasteiger partial charge >= 0.3 is 0 Å². The summed E-state index contributed by atoms with van der Waals surface area (Å²) in [5.41, 5.74) is 1.73. The molecule has 2 nitrogen and oxygen atoms in total. The Morgan fingerprint density at radius 1 is 0.786 bits per heavy atom. The normalized spacial score (nSPS) is 16.2. The predicted octanol–water partition coefficient (Wildman–Crippen LogP) is 5.11. The van der Waals surface area contributed by atoms with E-state index in [1.807, 2.05) is 0 Å². The van der Waals surface area contributed by atoms with Crippen LogP contribution in [0.25, 0.3) is 37.3 Å². The van der Waals surface area contributed by atoms with Crippen LogP contribution in [0.3, 0.4) is 0 Å². The highest BCUT2D eigenvalue weighted by Gasteiger charge is 2.17. The van der Waals surface area contributed by atoms with Crippen LogP contribution in [0.4, 0.5) is 0 Å². The molecule has 4 heteroatoms. The Morgan fingerprint density at radius 3 is 2.46 bits per heavy atom. The fraction of sp³-hybridized carbons (Fsp3) is 0.0417. The van der Waals surface area contributed by atoms with Crippen molar-refractivity contribution in [3.63, 3.8) is 0 Å². The van der Waals surface area contributed by atoms with Crippen molar-refractivity contribution in [3.8, 4) is 0 Å². The van der Waals surface area contributed by atoms with Crippen molar-refractivity contribution < 1.29 is 0 Å². The molecule has 134 valence electrons. The number of nitrogens with one attached hydrogen (secondary N) is 1. The summed E-state index contributed by atoms with van der Waals surface area (Å²) in [5, 5.41) is 10.6. The van der Waals surface area contributed by atoms with Gasteiger partial charge in [-0.1, -0.05) is 78.3 Å². The van der Waals surface area contributed by atoms with E-state index < -0.39 is 5.62 Å². The minimum absolute atomic E-state index is 0.465. The summed E-state index contributed by atoms with van der Waals surface area (Å²) < 4.78 is 2.38. The van der Waals surface area contributed by atoms with Gasteiger partial charge in [0.05, 0.1) is 15.6 Å². The molecule has 0 aliphatic carbocycles. The molecule has 0 amide bonds. The van der Waals surface area contributed by atoms with E-state index in [0.29, 0.717) is 0 Å². The van der Waals surface area contributed by atoms with Crippen LogP contribution in [-0.2, 0) is 0 Å². The summed E-state index contributed by atoms with van der Waals surface area (Å²) in [6.45, 7) is 0. The van der Waals surface area contributed by atoms with Gasteiger partial charge in [0.25, 0.3) is 0 Å². The summed E-state index contributed by atoms with van der Waals surface area (Å²) >= 11 is 8.21. The third-order valence-electron chi connectivity index (χ3n) is 5.34. The molecule has 5 aromatic rings. The van der Waals surface area contributed by atoms with Gasteiger partial charge in [-0.25, -0.2) is 4.99 Å². The topological polar surface area (TPSA) is 24.4 Å². The average molecular weight is 399 g/mol. The second kappa shape index (κ2) is 6.06. The number of hydrogen-bond acceptors (Lipinski definition) is 3. The molecule has 6 rings (SSSR count). The smallest absolute Gasteiger partial charge is 0.196 e. The molecule has 0 radical (unpaired) electrons. The first-order valence-corrected chi connectivity index (χ1v) is 10.5. The average Bonchev–Trinajstić information content (AvgIpc) is 3.11. The molecule has 2 heterocycles. The lowest BCUT2D eigenvalue weighted by Gasteiger charge is -2.17. The Morgan fingerprint density at radius 2 is 1.54 bits per heavy atom. The van der Waals surface area contributed by atoms with E-state index >= 15 is 0 Å². The van der Waals surface area contributed by atoms with E-state index in [0.717, 1.165) is 21.2 Å². The molecule has 28 heavy (non-hydrogen) atoms. The second-order valence-electron chi connectivity index (χ2n) is 6.98. The van der Waals surface area contributed by atoms with E-state index in [2.05, 4.69) is 89.2 Å². The number of halogens is 1. The SMILES string of the molecule is ClC1N=c2c(sc3ccccc23)=C(c2ccc3c(ccc4ccccc43)c2)N1. The van der Waals surface area contributed by atoms with Crippen LogP contribution in [-0.4, -0.2) is 5.62 Å². The van der Waals surface area contributed by atoms with Crippen molar-refractivity contribution in [1.29, 1.82) is 0 Å². The Balaban J connectivity index is 1.66. The quantitative estimate of drug-likeness (QED) is 0.237. The molecule has 0 bridgehead atoms. The Hall–Kier alpha value is -2.88. The molecule has 0 saturated heterocycles. The molecule has 0 fully saturated rings. The molecule has 0 saturated carbocycles. The minimum Gasteiger partial charge on any atom is -0.350 e. The van der Waals surface area contributed by atoms with E-state index in [1.54, 1.807) is 11.3 Å². The number of benzene rings is 4. The number of hydrogen-bond donors (Lipinski definition) is 1. The minimum atomic E-state index is -0.465. The molecule has 1 atom stereocenters. The number of rotatable bonds is 1. The largest absolute Gasteiger partial charge is 0.350 e. The summed E-state index contributed by atoms with van der Waals surface area (Å²) in [7, 11) is 0. The van der Waals surface area contributed by atoms with Crippen molar-refractivity contribution in [1.82, 2.24) is 5.32 Å². The zero-order valence-corrected chi connectivity index (χ0v) is 16.4. The fourth-order valence-electron chi connectivity index (χ4n) is 4.04. The third kappa shape index (κ3) is 2.37. The highest BCUT2D eigenvalue weighted by Crippen LogP contribution is 2.28. The lowest BCUT2D eigenvalue weighted by molar-refractivity contribution is 0.784. The van der Waals surface area contributed by atoms with Crippen LogP contribution in [0.1, 0.15) is 5.56 Å². The maximum atomic E-state index is 6.45. The highest BCUT2D eigenvalue weighted by molar-refractivity contribution is 7.17. The van der Waals surface area contributed by atoms with Crippen molar-refractivity contribution in [2.45, 2.75) is 5.62 Å². The van der Waals surface area contributed by atoms with Crippen LogP contribution in [0.15, 0.2) is 83.9 Å². The lowest BCUT2D eigenvalue weighted by Crippen LogP contribution is -2.38. The van der Waals surface area contributed by atoms with Crippen molar-refractivity contribution in [3.05, 3.63) is 94.3 Å². The fourth-order valence-corrected chi connectivity index (χ4v) is 5.43. The van der Waals surface area contributed by atoms with Gasteiger partial charge < -0.3 is 5.32 Å². The zero-order valence-electron chi connectivity index (χ0n) is 14.8. The summed E-state index contributed by atoms with van der Waals surface area (Å²) in [6, 6.07) is 27.9. The van der Waals surface area contributed by atoms with E-state index in [4.69, 9.17) is 11.6 Å². The summed E-state index contributed by atoms with van der Waals surface area (Å²) in [4.78, 5) is 4.66.